The van der Waals surface area contributed by atoms with Crippen molar-refractivity contribution in [3.05, 3.63) is 6.33 Å². The van der Waals surface area contributed by atoms with Crippen LogP contribution in [0.15, 0.2) is 11.4 Å². The van der Waals surface area contributed by atoms with Gasteiger partial charge >= 0.3 is 0 Å². The van der Waals surface area contributed by atoms with Gasteiger partial charge in [0.2, 0.25) is 0 Å². The monoisotopic (exact) mass is 248 g/mol. The molecule has 0 aliphatic carbocycles. The van der Waals surface area contributed by atoms with E-state index in [1.165, 1.54) is 31.8 Å². The van der Waals surface area contributed by atoms with Crippen molar-refractivity contribution in [2.75, 3.05) is 12.3 Å². The molecule has 0 spiro atoms. The molecule has 7 nitrogen and oxygen atoms in total. The van der Waals surface area contributed by atoms with Crippen molar-refractivity contribution < 1.29 is 13.5 Å². The zero-order chi connectivity index (χ0) is 12.6. The van der Waals surface area contributed by atoms with E-state index in [2.05, 4.69) is 9.71 Å². The van der Waals surface area contributed by atoms with Gasteiger partial charge in [-0.2, -0.15) is 0 Å². The predicted octanol–water partition coefficient (Wildman–Crippen LogP) is -0.948. The van der Waals surface area contributed by atoms with Gasteiger partial charge in [0.25, 0.3) is 10.0 Å². The van der Waals surface area contributed by atoms with Crippen LogP contribution in [0.2, 0.25) is 0 Å². The normalized spacial score (nSPS) is 13.0. The number of anilines is 1. The Kier molecular flexibility index (Phi) is 3.27. The quantitative estimate of drug-likeness (QED) is 0.636. The van der Waals surface area contributed by atoms with Crippen LogP contribution in [0.5, 0.6) is 0 Å². The maximum Gasteiger partial charge on any atom is 0.260 e. The number of aliphatic hydroxyl groups is 1. The van der Waals surface area contributed by atoms with Crippen LogP contribution in [0.1, 0.15) is 13.8 Å². The molecule has 1 aromatic rings. The molecule has 0 unspecified atom stereocenters. The van der Waals surface area contributed by atoms with E-state index in [4.69, 9.17) is 5.73 Å². The van der Waals surface area contributed by atoms with Gasteiger partial charge in [0.05, 0.1) is 11.9 Å². The summed E-state index contributed by atoms with van der Waals surface area (Å²) in [5.74, 6) is -0.0641. The Labute approximate surface area is 94.3 Å². The maximum atomic E-state index is 11.8. The molecule has 1 heterocycles. The van der Waals surface area contributed by atoms with Crippen molar-refractivity contribution in [3.63, 3.8) is 0 Å². The topological polar surface area (TPSA) is 110 Å². The summed E-state index contributed by atoms with van der Waals surface area (Å²) in [6.07, 6.45) is 1.31. The van der Waals surface area contributed by atoms with Crippen molar-refractivity contribution >= 4 is 15.8 Å². The molecule has 1 rings (SSSR count). The van der Waals surface area contributed by atoms with Crippen LogP contribution in [0.4, 0.5) is 5.82 Å². The number of nitrogen functional groups attached to an aromatic ring is 1. The Morgan fingerprint density at radius 3 is 2.56 bits per heavy atom. The first-order valence-electron chi connectivity index (χ1n) is 4.62. The molecule has 0 fully saturated rings. The first kappa shape index (κ1) is 12.9. The Bertz CT molecular complexity index is 452. The number of aryl methyl sites for hydroxylation is 1. The fraction of sp³-hybridized carbons (Fsp3) is 0.625. The Hall–Kier alpha value is -1.12. The van der Waals surface area contributed by atoms with E-state index in [0.717, 1.165) is 0 Å². The summed E-state index contributed by atoms with van der Waals surface area (Å²) >= 11 is 0. The lowest BCUT2D eigenvalue weighted by Gasteiger charge is -2.17. The van der Waals surface area contributed by atoms with Gasteiger partial charge in [-0.05, 0) is 13.8 Å². The summed E-state index contributed by atoms with van der Waals surface area (Å²) < 4.78 is 27.2. The Morgan fingerprint density at radius 2 is 2.19 bits per heavy atom. The molecule has 0 saturated heterocycles. The third-order valence-corrected chi connectivity index (χ3v) is 3.39. The van der Waals surface area contributed by atoms with E-state index >= 15 is 0 Å². The molecular weight excluding hydrogens is 232 g/mol. The van der Waals surface area contributed by atoms with Crippen LogP contribution < -0.4 is 10.5 Å². The predicted molar refractivity (Wildman–Crippen MR) is 59.1 cm³/mol. The van der Waals surface area contributed by atoms with Gasteiger partial charge in [-0.1, -0.05) is 0 Å². The van der Waals surface area contributed by atoms with Gasteiger partial charge in [0, 0.05) is 13.6 Å². The number of aromatic nitrogens is 2. The van der Waals surface area contributed by atoms with E-state index in [1.807, 2.05) is 0 Å². The van der Waals surface area contributed by atoms with Crippen molar-refractivity contribution in [3.8, 4) is 0 Å². The smallest absolute Gasteiger partial charge is 0.260 e. The highest BCUT2D eigenvalue weighted by molar-refractivity contribution is 7.89. The number of rotatable bonds is 4. The lowest BCUT2D eigenvalue weighted by Crippen LogP contribution is -2.38. The third kappa shape index (κ3) is 2.94. The van der Waals surface area contributed by atoms with Crippen molar-refractivity contribution in [1.82, 2.24) is 14.3 Å². The molecule has 0 bridgehead atoms. The van der Waals surface area contributed by atoms with Gasteiger partial charge in [0.15, 0.2) is 10.8 Å². The maximum absolute atomic E-state index is 11.8. The average molecular weight is 248 g/mol. The molecule has 0 aliphatic heterocycles. The number of nitrogens with zero attached hydrogens (tertiary/aromatic N) is 2. The number of nitrogens with one attached hydrogen (secondary N) is 1. The van der Waals surface area contributed by atoms with Crippen molar-refractivity contribution in [2.24, 2.45) is 7.05 Å². The highest BCUT2D eigenvalue weighted by Gasteiger charge is 2.24. The van der Waals surface area contributed by atoms with Gasteiger partial charge in [-0.3, -0.25) is 0 Å². The summed E-state index contributed by atoms with van der Waals surface area (Å²) in [5, 5.41) is 9.34. The molecule has 0 aromatic carbocycles. The second-order valence-electron chi connectivity index (χ2n) is 4.18. The summed E-state index contributed by atoms with van der Waals surface area (Å²) in [6, 6.07) is 0. The van der Waals surface area contributed by atoms with Gasteiger partial charge < -0.3 is 15.4 Å². The van der Waals surface area contributed by atoms with Crippen LogP contribution in [-0.2, 0) is 17.1 Å². The van der Waals surface area contributed by atoms with E-state index in [-0.39, 0.29) is 17.4 Å². The fourth-order valence-electron chi connectivity index (χ4n) is 1.10. The summed E-state index contributed by atoms with van der Waals surface area (Å²) in [5.41, 5.74) is 4.33. The zero-order valence-corrected chi connectivity index (χ0v) is 10.2. The minimum atomic E-state index is -3.75. The minimum absolute atomic E-state index is 0.0641. The molecule has 0 radical (unpaired) electrons. The summed E-state index contributed by atoms with van der Waals surface area (Å²) in [7, 11) is -2.22. The molecule has 4 N–H and O–H groups in total. The van der Waals surface area contributed by atoms with Crippen LogP contribution in [0.3, 0.4) is 0 Å². The molecular formula is C8H16N4O3S. The molecule has 92 valence electrons. The van der Waals surface area contributed by atoms with Gasteiger partial charge in [-0.15, -0.1) is 0 Å². The van der Waals surface area contributed by atoms with Crippen LogP contribution >= 0.6 is 0 Å². The standard InChI is InChI=1S/C8H16N4O3S/c1-8(2,13)4-11-16(14,15)7-6(9)10-5-12(7)3/h5,11,13H,4,9H2,1-3H3. The van der Waals surface area contributed by atoms with Crippen LogP contribution in [0.25, 0.3) is 0 Å². The number of sulfonamides is 1. The number of imidazole rings is 1. The average Bonchev–Trinajstić information content (AvgIpc) is 2.42. The first-order valence-corrected chi connectivity index (χ1v) is 6.10. The number of hydrogen-bond donors (Lipinski definition) is 3. The molecule has 0 atom stereocenters. The van der Waals surface area contributed by atoms with E-state index in [1.54, 1.807) is 0 Å². The van der Waals surface area contributed by atoms with Crippen molar-refractivity contribution in [1.29, 1.82) is 0 Å². The molecule has 0 saturated carbocycles. The fourth-order valence-corrected chi connectivity index (χ4v) is 2.54. The third-order valence-electron chi connectivity index (χ3n) is 1.86. The van der Waals surface area contributed by atoms with E-state index in [9.17, 15) is 13.5 Å². The lowest BCUT2D eigenvalue weighted by atomic mass is 10.1. The van der Waals surface area contributed by atoms with Gasteiger partial charge in [0.1, 0.15) is 0 Å². The summed E-state index contributed by atoms with van der Waals surface area (Å²) in [6.45, 7) is 2.91. The highest BCUT2D eigenvalue weighted by Crippen LogP contribution is 2.15. The van der Waals surface area contributed by atoms with E-state index in [0.29, 0.717) is 0 Å². The largest absolute Gasteiger partial charge is 0.389 e. The first-order chi connectivity index (χ1) is 7.13. The highest BCUT2D eigenvalue weighted by atomic mass is 32.2. The molecule has 1 aromatic heterocycles. The lowest BCUT2D eigenvalue weighted by molar-refractivity contribution is 0.0857. The second kappa shape index (κ2) is 4.04. The molecule has 16 heavy (non-hydrogen) atoms. The molecule has 0 aliphatic rings. The van der Waals surface area contributed by atoms with Crippen molar-refractivity contribution in [2.45, 2.75) is 24.5 Å². The number of hydrogen-bond acceptors (Lipinski definition) is 5. The Morgan fingerprint density at radius 1 is 1.62 bits per heavy atom. The summed E-state index contributed by atoms with van der Waals surface area (Å²) in [4.78, 5) is 3.69. The number of nitrogens with two attached hydrogens (primary N) is 1. The molecule has 8 heteroatoms. The minimum Gasteiger partial charge on any atom is -0.389 e. The van der Waals surface area contributed by atoms with Crippen LogP contribution in [-0.4, -0.2) is 35.2 Å². The SMILES string of the molecule is Cn1cnc(N)c1S(=O)(=O)NCC(C)(C)O. The Balaban J connectivity index is 2.96. The second-order valence-corrected chi connectivity index (χ2v) is 5.87. The van der Waals surface area contributed by atoms with Gasteiger partial charge in [-0.25, -0.2) is 18.1 Å². The van der Waals surface area contributed by atoms with E-state index < -0.39 is 15.6 Å². The van der Waals surface area contributed by atoms with Crippen LogP contribution in [0, 0.1) is 0 Å². The molecule has 0 amide bonds. The zero-order valence-electron chi connectivity index (χ0n) is 9.43.